The molecular formula is C13H29N3O. The molecule has 0 aliphatic rings. The van der Waals surface area contributed by atoms with Gasteiger partial charge in [-0.05, 0) is 39.8 Å². The minimum absolute atomic E-state index is 0.145. The van der Waals surface area contributed by atoms with Crippen LogP contribution in [0.15, 0.2) is 0 Å². The van der Waals surface area contributed by atoms with Crippen LogP contribution in [0.1, 0.15) is 40.0 Å². The molecule has 0 bridgehead atoms. The standard InChI is InChI=1S/C13H29N3O/c1-10(2)12(9-16(4)5)15-13(17)8-6-7-11(3)14/h10-12H,6-9,14H2,1-5H3,(H,15,17). The fraction of sp³-hybridized carbons (Fsp3) is 0.923. The molecule has 3 N–H and O–H groups in total. The molecule has 0 aliphatic heterocycles. The molecule has 0 saturated heterocycles. The van der Waals surface area contributed by atoms with Gasteiger partial charge in [0.1, 0.15) is 0 Å². The summed E-state index contributed by atoms with van der Waals surface area (Å²) < 4.78 is 0. The molecule has 0 aliphatic carbocycles. The zero-order chi connectivity index (χ0) is 13.4. The van der Waals surface area contributed by atoms with Crippen LogP contribution in [0.5, 0.6) is 0 Å². The fourth-order valence-corrected chi connectivity index (χ4v) is 1.68. The predicted octanol–water partition coefficient (Wildman–Crippen LogP) is 1.21. The topological polar surface area (TPSA) is 58.4 Å². The fourth-order valence-electron chi connectivity index (χ4n) is 1.68. The maximum Gasteiger partial charge on any atom is 0.220 e. The third-order valence-electron chi connectivity index (χ3n) is 2.78. The number of hydrogen-bond donors (Lipinski definition) is 2. The van der Waals surface area contributed by atoms with E-state index >= 15 is 0 Å². The molecule has 0 aromatic rings. The van der Waals surface area contributed by atoms with Crippen molar-refractivity contribution in [3.8, 4) is 0 Å². The minimum atomic E-state index is 0.145. The first-order chi connectivity index (χ1) is 7.82. The van der Waals surface area contributed by atoms with Gasteiger partial charge in [0.05, 0.1) is 0 Å². The molecule has 0 fully saturated rings. The number of nitrogens with one attached hydrogen (secondary N) is 1. The lowest BCUT2D eigenvalue weighted by Crippen LogP contribution is -2.44. The van der Waals surface area contributed by atoms with E-state index in [-0.39, 0.29) is 18.0 Å². The van der Waals surface area contributed by atoms with E-state index in [9.17, 15) is 4.79 Å². The van der Waals surface area contributed by atoms with Gasteiger partial charge in [0.15, 0.2) is 0 Å². The second-order valence-corrected chi connectivity index (χ2v) is 5.55. The minimum Gasteiger partial charge on any atom is -0.352 e. The Morgan fingerprint density at radius 2 is 1.88 bits per heavy atom. The van der Waals surface area contributed by atoms with Crippen molar-refractivity contribution in [3.05, 3.63) is 0 Å². The number of rotatable bonds is 8. The largest absolute Gasteiger partial charge is 0.352 e. The lowest BCUT2D eigenvalue weighted by Gasteiger charge is -2.25. The normalized spacial score (nSPS) is 15.1. The average Bonchev–Trinajstić information content (AvgIpc) is 2.15. The molecule has 0 radical (unpaired) electrons. The van der Waals surface area contributed by atoms with Crippen LogP contribution in [0, 0.1) is 5.92 Å². The molecule has 0 rings (SSSR count). The van der Waals surface area contributed by atoms with Crippen LogP contribution in [-0.4, -0.2) is 43.5 Å². The Morgan fingerprint density at radius 3 is 2.29 bits per heavy atom. The van der Waals surface area contributed by atoms with E-state index in [1.807, 2.05) is 21.0 Å². The Morgan fingerprint density at radius 1 is 1.29 bits per heavy atom. The summed E-state index contributed by atoms with van der Waals surface area (Å²) >= 11 is 0. The van der Waals surface area contributed by atoms with Crippen molar-refractivity contribution in [3.63, 3.8) is 0 Å². The summed E-state index contributed by atoms with van der Waals surface area (Å²) in [5.41, 5.74) is 5.66. The van der Waals surface area contributed by atoms with E-state index in [4.69, 9.17) is 5.73 Å². The van der Waals surface area contributed by atoms with E-state index in [0.29, 0.717) is 12.3 Å². The first-order valence-corrected chi connectivity index (χ1v) is 6.52. The van der Waals surface area contributed by atoms with Gasteiger partial charge in [0, 0.05) is 25.0 Å². The van der Waals surface area contributed by atoms with Crippen molar-refractivity contribution in [1.29, 1.82) is 0 Å². The summed E-state index contributed by atoms with van der Waals surface area (Å²) in [7, 11) is 4.05. The third-order valence-corrected chi connectivity index (χ3v) is 2.78. The summed E-state index contributed by atoms with van der Waals surface area (Å²) in [4.78, 5) is 13.9. The molecule has 1 amide bonds. The highest BCUT2D eigenvalue weighted by atomic mass is 16.1. The molecule has 4 nitrogen and oxygen atoms in total. The number of carbonyl (C=O) groups excluding carboxylic acids is 1. The predicted molar refractivity (Wildman–Crippen MR) is 72.8 cm³/mol. The van der Waals surface area contributed by atoms with Crippen LogP contribution in [0.4, 0.5) is 0 Å². The molecule has 2 atom stereocenters. The van der Waals surface area contributed by atoms with Crippen LogP contribution in [0.25, 0.3) is 0 Å². The van der Waals surface area contributed by atoms with Crippen LogP contribution in [-0.2, 0) is 4.79 Å². The first kappa shape index (κ1) is 16.4. The van der Waals surface area contributed by atoms with Crippen molar-refractivity contribution in [1.82, 2.24) is 10.2 Å². The molecule has 102 valence electrons. The maximum absolute atomic E-state index is 11.8. The Hall–Kier alpha value is -0.610. The van der Waals surface area contributed by atoms with Crippen molar-refractivity contribution in [2.45, 2.75) is 52.1 Å². The van der Waals surface area contributed by atoms with Crippen LogP contribution < -0.4 is 11.1 Å². The summed E-state index contributed by atoms with van der Waals surface area (Å²) in [5.74, 6) is 0.598. The Kier molecular flexibility index (Phi) is 8.17. The van der Waals surface area contributed by atoms with Gasteiger partial charge < -0.3 is 16.0 Å². The first-order valence-electron chi connectivity index (χ1n) is 6.52. The van der Waals surface area contributed by atoms with Gasteiger partial charge in [0.25, 0.3) is 0 Å². The molecule has 4 heteroatoms. The molecule has 0 spiro atoms. The Bertz CT molecular complexity index is 215. The zero-order valence-electron chi connectivity index (χ0n) is 12.0. The van der Waals surface area contributed by atoms with E-state index in [2.05, 4.69) is 24.1 Å². The Labute approximate surface area is 106 Å². The average molecular weight is 243 g/mol. The third kappa shape index (κ3) is 9.12. The van der Waals surface area contributed by atoms with Gasteiger partial charge in [-0.3, -0.25) is 4.79 Å². The SMILES string of the molecule is CC(N)CCCC(=O)NC(CN(C)C)C(C)C. The smallest absolute Gasteiger partial charge is 0.220 e. The summed E-state index contributed by atoms with van der Waals surface area (Å²) in [6.45, 7) is 7.13. The number of nitrogens with two attached hydrogens (primary N) is 1. The molecule has 0 saturated carbocycles. The molecule has 17 heavy (non-hydrogen) atoms. The van der Waals surface area contributed by atoms with Crippen molar-refractivity contribution in [2.24, 2.45) is 11.7 Å². The lowest BCUT2D eigenvalue weighted by molar-refractivity contribution is -0.122. The second-order valence-electron chi connectivity index (χ2n) is 5.55. The van der Waals surface area contributed by atoms with Gasteiger partial charge in [-0.1, -0.05) is 13.8 Å². The number of nitrogens with zero attached hydrogens (tertiary/aromatic N) is 1. The molecule has 0 aromatic heterocycles. The van der Waals surface area contributed by atoms with Crippen LogP contribution in [0.3, 0.4) is 0 Å². The van der Waals surface area contributed by atoms with E-state index in [1.165, 1.54) is 0 Å². The number of hydrogen-bond acceptors (Lipinski definition) is 3. The highest BCUT2D eigenvalue weighted by Crippen LogP contribution is 2.05. The number of carbonyl (C=O) groups is 1. The number of amides is 1. The molecule has 0 aromatic carbocycles. The Balaban J connectivity index is 3.95. The van der Waals surface area contributed by atoms with Crippen molar-refractivity contribution in [2.75, 3.05) is 20.6 Å². The highest BCUT2D eigenvalue weighted by Gasteiger charge is 2.16. The quantitative estimate of drug-likeness (QED) is 0.673. The van der Waals surface area contributed by atoms with E-state index < -0.39 is 0 Å². The van der Waals surface area contributed by atoms with E-state index in [1.54, 1.807) is 0 Å². The summed E-state index contributed by atoms with van der Waals surface area (Å²) in [6.07, 6.45) is 2.36. The molecule has 2 unspecified atom stereocenters. The van der Waals surface area contributed by atoms with E-state index in [0.717, 1.165) is 19.4 Å². The van der Waals surface area contributed by atoms with Crippen LogP contribution in [0.2, 0.25) is 0 Å². The van der Waals surface area contributed by atoms with Gasteiger partial charge in [-0.2, -0.15) is 0 Å². The van der Waals surface area contributed by atoms with Gasteiger partial charge in [-0.15, -0.1) is 0 Å². The maximum atomic E-state index is 11.8. The van der Waals surface area contributed by atoms with Gasteiger partial charge in [-0.25, -0.2) is 0 Å². The van der Waals surface area contributed by atoms with Crippen LogP contribution >= 0.6 is 0 Å². The van der Waals surface area contributed by atoms with Crippen molar-refractivity contribution >= 4 is 5.91 Å². The lowest BCUT2D eigenvalue weighted by atomic mass is 10.0. The van der Waals surface area contributed by atoms with Crippen molar-refractivity contribution < 1.29 is 4.79 Å². The monoisotopic (exact) mass is 243 g/mol. The molecular weight excluding hydrogens is 214 g/mol. The number of likely N-dealkylation sites (N-methyl/N-ethyl adjacent to an activating group) is 1. The molecule has 0 heterocycles. The summed E-state index contributed by atoms with van der Waals surface area (Å²) in [5, 5.41) is 3.10. The summed E-state index contributed by atoms with van der Waals surface area (Å²) in [6, 6.07) is 0.415. The highest BCUT2D eigenvalue weighted by molar-refractivity contribution is 5.76. The zero-order valence-corrected chi connectivity index (χ0v) is 12.0. The second kappa shape index (κ2) is 8.48. The van der Waals surface area contributed by atoms with Gasteiger partial charge in [0.2, 0.25) is 5.91 Å². The van der Waals surface area contributed by atoms with Gasteiger partial charge >= 0.3 is 0 Å².